The van der Waals surface area contributed by atoms with Crippen LogP contribution in [0.2, 0.25) is 0 Å². The normalized spacial score (nSPS) is 17.6. The van der Waals surface area contributed by atoms with Crippen LogP contribution in [-0.4, -0.2) is 67.6 Å². The number of nitrogens with one attached hydrogen (secondary N) is 2. The fraction of sp³-hybridized carbons (Fsp3) is 0.593. The second-order valence-corrected chi connectivity index (χ2v) is 12.3. The molecule has 1 aromatic heterocycles. The molecular weight excluding hydrogens is 533 g/mol. The molecule has 4 rings (SSSR count). The van der Waals surface area contributed by atoms with Crippen LogP contribution in [0.25, 0.3) is 0 Å². The molecule has 0 radical (unpaired) electrons. The number of halogens is 3. The summed E-state index contributed by atoms with van der Waals surface area (Å²) in [6.45, 7) is 6.35. The van der Waals surface area contributed by atoms with Crippen molar-refractivity contribution in [1.82, 2.24) is 19.5 Å². The summed E-state index contributed by atoms with van der Waals surface area (Å²) in [5.74, 6) is -0.275. The minimum Gasteiger partial charge on any atom is -0.406 e. The van der Waals surface area contributed by atoms with Crippen LogP contribution in [-0.2, 0) is 23.0 Å². The number of fused-ring (bicyclic) bond motifs is 1. The van der Waals surface area contributed by atoms with Gasteiger partial charge in [0.2, 0.25) is 10.0 Å². The quantitative estimate of drug-likeness (QED) is 0.383. The summed E-state index contributed by atoms with van der Waals surface area (Å²) in [5.41, 5.74) is 2.97. The van der Waals surface area contributed by atoms with Crippen LogP contribution in [0.5, 0.6) is 5.75 Å². The van der Waals surface area contributed by atoms with Crippen LogP contribution in [0, 0.1) is 5.92 Å². The first-order valence-electron chi connectivity index (χ1n) is 13.6. The molecule has 39 heavy (non-hydrogen) atoms. The van der Waals surface area contributed by atoms with Crippen molar-refractivity contribution in [3.63, 3.8) is 0 Å². The summed E-state index contributed by atoms with van der Waals surface area (Å²) in [7, 11) is -3.90. The largest absolute Gasteiger partial charge is 0.573 e. The van der Waals surface area contributed by atoms with Crippen LogP contribution in [0.3, 0.4) is 0 Å². The van der Waals surface area contributed by atoms with E-state index >= 15 is 0 Å². The number of nitrogens with zero attached hydrogens (tertiary/aromatic N) is 2. The van der Waals surface area contributed by atoms with E-state index in [2.05, 4.69) is 26.9 Å². The fourth-order valence-electron chi connectivity index (χ4n) is 5.40. The molecule has 3 heterocycles. The molecule has 2 aromatic rings. The lowest BCUT2D eigenvalue weighted by molar-refractivity contribution is -0.274. The molecule has 1 amide bonds. The predicted octanol–water partition coefficient (Wildman–Crippen LogP) is 4.68. The zero-order valence-electron chi connectivity index (χ0n) is 22.2. The zero-order valence-corrected chi connectivity index (χ0v) is 23.0. The van der Waals surface area contributed by atoms with Crippen LogP contribution in [0.15, 0.2) is 35.2 Å². The summed E-state index contributed by atoms with van der Waals surface area (Å²) in [6, 6.07) is 6.47. The number of carbonyl (C=O) groups is 1. The second kappa shape index (κ2) is 12.7. The third-order valence-corrected chi connectivity index (χ3v) is 9.32. The van der Waals surface area contributed by atoms with Crippen molar-refractivity contribution < 1.29 is 31.1 Å². The van der Waals surface area contributed by atoms with Gasteiger partial charge in [0.25, 0.3) is 5.91 Å². The van der Waals surface area contributed by atoms with E-state index in [0.29, 0.717) is 44.1 Å². The lowest BCUT2D eigenvalue weighted by Gasteiger charge is -2.31. The number of alkyl halides is 3. The van der Waals surface area contributed by atoms with Crippen molar-refractivity contribution in [3.8, 4) is 5.75 Å². The maximum atomic E-state index is 12.9. The highest BCUT2D eigenvalue weighted by Crippen LogP contribution is 2.30. The summed E-state index contributed by atoms with van der Waals surface area (Å²) < 4.78 is 68.6. The van der Waals surface area contributed by atoms with Gasteiger partial charge in [0, 0.05) is 50.9 Å². The highest BCUT2D eigenvalue weighted by Gasteiger charge is 2.33. The molecule has 0 unspecified atom stereocenters. The van der Waals surface area contributed by atoms with E-state index in [-0.39, 0.29) is 10.8 Å². The highest BCUT2D eigenvalue weighted by molar-refractivity contribution is 7.89. The molecule has 0 bridgehead atoms. The molecule has 0 saturated carbocycles. The van der Waals surface area contributed by atoms with Gasteiger partial charge in [0.05, 0.1) is 4.90 Å². The third-order valence-electron chi connectivity index (χ3n) is 7.42. The lowest BCUT2D eigenvalue weighted by atomic mass is 9.92. The Bertz CT molecular complexity index is 1220. The number of amides is 1. The molecule has 2 aliphatic rings. The maximum Gasteiger partial charge on any atom is 0.573 e. The standard InChI is InChI=1S/C27H37F3N4O4S/c1-2-13-33-14-11-24-21(19-33)17-25(32-24)26(35)31-12-4-3-6-20-9-15-34(16-10-20)39(36,37)23-8-5-7-22(18-23)38-27(28,29)30/h5,7-8,17-18,20,32H,2-4,6,9-16,19H2,1H3,(H,31,35). The van der Waals surface area contributed by atoms with E-state index in [1.54, 1.807) is 0 Å². The molecule has 0 spiro atoms. The van der Waals surface area contributed by atoms with Gasteiger partial charge in [-0.05, 0) is 61.9 Å². The number of ether oxygens (including phenoxy) is 1. The summed E-state index contributed by atoms with van der Waals surface area (Å²) in [6.07, 6.45) is 1.22. The van der Waals surface area contributed by atoms with Gasteiger partial charge in [-0.3, -0.25) is 9.69 Å². The molecule has 0 atom stereocenters. The number of aromatic amines is 1. The molecule has 2 aliphatic heterocycles. The van der Waals surface area contributed by atoms with E-state index in [1.807, 2.05) is 6.07 Å². The Labute approximate surface area is 227 Å². The molecular formula is C27H37F3N4O4S. The van der Waals surface area contributed by atoms with Gasteiger partial charge in [0.1, 0.15) is 11.4 Å². The number of benzene rings is 1. The van der Waals surface area contributed by atoms with E-state index < -0.39 is 22.1 Å². The molecule has 2 N–H and O–H groups in total. The second-order valence-electron chi connectivity index (χ2n) is 10.3. The number of carbonyl (C=O) groups excluding carboxylic acids is 1. The Kier molecular flexibility index (Phi) is 9.60. The van der Waals surface area contributed by atoms with Crippen LogP contribution >= 0.6 is 0 Å². The lowest BCUT2D eigenvalue weighted by Crippen LogP contribution is -2.38. The van der Waals surface area contributed by atoms with Crippen molar-refractivity contribution in [2.24, 2.45) is 5.92 Å². The number of rotatable bonds is 11. The Balaban J connectivity index is 1.16. The molecule has 216 valence electrons. The fourth-order valence-corrected chi connectivity index (χ4v) is 6.90. The Hall–Kier alpha value is -2.57. The number of unbranched alkanes of at least 4 members (excludes halogenated alkanes) is 1. The zero-order chi connectivity index (χ0) is 28.0. The van der Waals surface area contributed by atoms with Gasteiger partial charge in [-0.25, -0.2) is 8.42 Å². The topological polar surface area (TPSA) is 94.7 Å². The molecule has 1 saturated heterocycles. The van der Waals surface area contributed by atoms with E-state index in [1.165, 1.54) is 22.0 Å². The first-order valence-corrected chi connectivity index (χ1v) is 15.1. The number of hydrogen-bond donors (Lipinski definition) is 2. The maximum absolute atomic E-state index is 12.9. The van der Waals surface area contributed by atoms with Gasteiger partial charge in [-0.2, -0.15) is 4.31 Å². The van der Waals surface area contributed by atoms with Crippen molar-refractivity contribution in [2.75, 3.05) is 32.7 Å². The number of piperidine rings is 1. The predicted molar refractivity (Wildman–Crippen MR) is 141 cm³/mol. The average Bonchev–Trinajstić information content (AvgIpc) is 3.32. The van der Waals surface area contributed by atoms with Gasteiger partial charge in [-0.1, -0.05) is 25.8 Å². The van der Waals surface area contributed by atoms with Crippen molar-refractivity contribution >= 4 is 15.9 Å². The first-order chi connectivity index (χ1) is 18.5. The van der Waals surface area contributed by atoms with Crippen molar-refractivity contribution in [3.05, 3.63) is 47.3 Å². The highest BCUT2D eigenvalue weighted by atomic mass is 32.2. The molecule has 8 nitrogen and oxygen atoms in total. The Morgan fingerprint density at radius 3 is 2.64 bits per heavy atom. The van der Waals surface area contributed by atoms with E-state index in [4.69, 9.17) is 0 Å². The number of H-pyrrole nitrogens is 1. The van der Waals surface area contributed by atoms with Crippen LogP contribution in [0.1, 0.15) is 67.2 Å². The summed E-state index contributed by atoms with van der Waals surface area (Å²) in [5, 5.41) is 2.99. The number of hydrogen-bond acceptors (Lipinski definition) is 5. The van der Waals surface area contributed by atoms with Crippen LogP contribution in [0.4, 0.5) is 13.2 Å². The third kappa shape index (κ3) is 7.98. The summed E-state index contributed by atoms with van der Waals surface area (Å²) >= 11 is 0. The van der Waals surface area contributed by atoms with Gasteiger partial charge in [0.15, 0.2) is 0 Å². The van der Waals surface area contributed by atoms with Gasteiger partial charge >= 0.3 is 6.36 Å². The Morgan fingerprint density at radius 1 is 1.15 bits per heavy atom. The van der Waals surface area contributed by atoms with Gasteiger partial charge in [-0.15, -0.1) is 13.2 Å². The van der Waals surface area contributed by atoms with E-state index in [9.17, 15) is 26.4 Å². The SMILES string of the molecule is CCCN1CCc2[nH]c(C(=O)NCCCCC3CCN(S(=O)(=O)c4cccc(OC(F)(F)F)c4)CC3)cc2C1. The molecule has 1 fully saturated rings. The number of aromatic nitrogens is 1. The van der Waals surface area contributed by atoms with Crippen molar-refractivity contribution in [2.45, 2.75) is 69.7 Å². The number of sulfonamides is 1. The molecule has 0 aliphatic carbocycles. The van der Waals surface area contributed by atoms with E-state index in [0.717, 1.165) is 69.6 Å². The van der Waals surface area contributed by atoms with Crippen LogP contribution < -0.4 is 10.1 Å². The molecule has 12 heteroatoms. The van der Waals surface area contributed by atoms with Gasteiger partial charge < -0.3 is 15.0 Å². The summed E-state index contributed by atoms with van der Waals surface area (Å²) in [4.78, 5) is 18.1. The first kappa shape index (κ1) is 29.4. The monoisotopic (exact) mass is 570 g/mol. The average molecular weight is 571 g/mol. The minimum atomic E-state index is -4.89. The minimum absolute atomic E-state index is 0.0883. The van der Waals surface area contributed by atoms with Crippen molar-refractivity contribution in [1.29, 1.82) is 0 Å². The Morgan fingerprint density at radius 2 is 1.92 bits per heavy atom. The smallest absolute Gasteiger partial charge is 0.406 e. The molecule has 1 aromatic carbocycles.